The van der Waals surface area contributed by atoms with Crippen LogP contribution in [0.4, 0.5) is 0 Å². The summed E-state index contributed by atoms with van der Waals surface area (Å²) in [5, 5.41) is 0.656. The van der Waals surface area contributed by atoms with E-state index < -0.39 is 0 Å². The Labute approximate surface area is 118 Å². The SMILES string of the molecule is CN(CCOc1ccccc1)Cc1ncc(Cl)n1C. The van der Waals surface area contributed by atoms with Crippen molar-refractivity contribution in [3.05, 3.63) is 47.5 Å². The first-order valence-electron chi connectivity index (χ1n) is 6.19. The number of benzene rings is 1. The molecule has 0 atom stereocenters. The Balaban J connectivity index is 1.76. The van der Waals surface area contributed by atoms with E-state index in [1.165, 1.54) is 0 Å². The highest BCUT2D eigenvalue weighted by molar-refractivity contribution is 6.29. The van der Waals surface area contributed by atoms with E-state index in [4.69, 9.17) is 16.3 Å². The van der Waals surface area contributed by atoms with Gasteiger partial charge in [-0.05, 0) is 19.2 Å². The van der Waals surface area contributed by atoms with Gasteiger partial charge in [0.05, 0.1) is 12.7 Å². The van der Waals surface area contributed by atoms with Crippen LogP contribution in [-0.2, 0) is 13.6 Å². The summed E-state index contributed by atoms with van der Waals surface area (Å²) in [7, 11) is 3.95. The topological polar surface area (TPSA) is 30.3 Å². The van der Waals surface area contributed by atoms with E-state index in [1.54, 1.807) is 6.20 Å². The molecule has 0 radical (unpaired) electrons. The van der Waals surface area contributed by atoms with Crippen LogP contribution in [0, 0.1) is 0 Å². The molecule has 0 aliphatic carbocycles. The van der Waals surface area contributed by atoms with E-state index >= 15 is 0 Å². The zero-order valence-corrected chi connectivity index (χ0v) is 12.0. The highest BCUT2D eigenvalue weighted by Gasteiger charge is 2.07. The Morgan fingerprint density at radius 1 is 1.32 bits per heavy atom. The summed E-state index contributed by atoms with van der Waals surface area (Å²) in [5.41, 5.74) is 0. The second-order valence-corrected chi connectivity index (χ2v) is 4.84. The Morgan fingerprint density at radius 2 is 2.05 bits per heavy atom. The molecular formula is C14H18ClN3O. The van der Waals surface area contributed by atoms with Crippen molar-refractivity contribution in [1.29, 1.82) is 0 Å². The second kappa shape index (κ2) is 6.59. The number of imidazole rings is 1. The van der Waals surface area contributed by atoms with Gasteiger partial charge in [0.2, 0.25) is 0 Å². The molecule has 0 N–H and O–H groups in total. The molecule has 0 saturated carbocycles. The Bertz CT molecular complexity index is 513. The third kappa shape index (κ3) is 3.98. The molecule has 0 spiro atoms. The molecule has 5 heteroatoms. The minimum atomic E-state index is 0.651. The molecule has 1 heterocycles. The van der Waals surface area contributed by atoms with Gasteiger partial charge in [0.25, 0.3) is 0 Å². The molecule has 102 valence electrons. The van der Waals surface area contributed by atoms with Gasteiger partial charge in [-0.3, -0.25) is 4.90 Å². The first-order chi connectivity index (χ1) is 9.16. The standard InChI is InChI=1S/C14H18ClN3O/c1-17(11-14-16-10-13(15)18(14)2)8-9-19-12-6-4-3-5-7-12/h3-7,10H,8-9,11H2,1-2H3. The van der Waals surface area contributed by atoms with Gasteiger partial charge in [-0.1, -0.05) is 29.8 Å². The van der Waals surface area contributed by atoms with Crippen LogP contribution in [0.25, 0.3) is 0 Å². The number of para-hydroxylation sites is 1. The molecule has 19 heavy (non-hydrogen) atoms. The minimum absolute atomic E-state index is 0.651. The lowest BCUT2D eigenvalue weighted by molar-refractivity contribution is 0.228. The van der Waals surface area contributed by atoms with Gasteiger partial charge in [0.15, 0.2) is 0 Å². The van der Waals surface area contributed by atoms with Crippen LogP contribution < -0.4 is 4.74 Å². The molecular weight excluding hydrogens is 262 g/mol. The largest absolute Gasteiger partial charge is 0.492 e. The lowest BCUT2D eigenvalue weighted by atomic mass is 10.3. The van der Waals surface area contributed by atoms with Crippen molar-refractivity contribution in [2.75, 3.05) is 20.2 Å². The number of aromatic nitrogens is 2. The van der Waals surface area contributed by atoms with E-state index in [0.717, 1.165) is 24.7 Å². The predicted octanol–water partition coefficient (Wildman–Crippen LogP) is 2.58. The fourth-order valence-corrected chi connectivity index (χ4v) is 1.87. The molecule has 0 aliphatic heterocycles. The number of hydrogen-bond donors (Lipinski definition) is 0. The number of halogens is 1. The fraction of sp³-hybridized carbons (Fsp3) is 0.357. The van der Waals surface area contributed by atoms with E-state index in [0.29, 0.717) is 11.8 Å². The van der Waals surface area contributed by atoms with Gasteiger partial charge >= 0.3 is 0 Å². The maximum atomic E-state index is 5.95. The van der Waals surface area contributed by atoms with Crippen LogP contribution in [0.5, 0.6) is 5.75 Å². The normalized spacial score (nSPS) is 10.9. The monoisotopic (exact) mass is 279 g/mol. The molecule has 0 bridgehead atoms. The average molecular weight is 280 g/mol. The summed E-state index contributed by atoms with van der Waals surface area (Å²) in [6, 6.07) is 9.82. The van der Waals surface area contributed by atoms with Crippen molar-refractivity contribution in [2.24, 2.45) is 7.05 Å². The molecule has 4 nitrogen and oxygen atoms in total. The number of rotatable bonds is 6. The molecule has 1 aromatic carbocycles. The van der Waals surface area contributed by atoms with Gasteiger partial charge < -0.3 is 9.30 Å². The molecule has 1 aromatic heterocycles. The summed E-state index contributed by atoms with van der Waals surface area (Å²) >= 11 is 5.95. The summed E-state index contributed by atoms with van der Waals surface area (Å²) < 4.78 is 7.54. The molecule has 0 fully saturated rings. The van der Waals surface area contributed by atoms with Crippen LogP contribution in [0.15, 0.2) is 36.5 Å². The number of ether oxygens (including phenoxy) is 1. The Kier molecular flexibility index (Phi) is 4.82. The van der Waals surface area contributed by atoms with Crippen molar-refractivity contribution >= 4 is 11.6 Å². The van der Waals surface area contributed by atoms with E-state index in [1.807, 2.05) is 49.0 Å². The summed E-state index contributed by atoms with van der Waals surface area (Å²) in [5.74, 6) is 1.85. The zero-order chi connectivity index (χ0) is 13.7. The quantitative estimate of drug-likeness (QED) is 0.814. The van der Waals surface area contributed by atoms with Gasteiger partial charge in [0, 0.05) is 13.6 Å². The predicted molar refractivity (Wildman–Crippen MR) is 76.5 cm³/mol. The second-order valence-electron chi connectivity index (χ2n) is 4.46. The van der Waals surface area contributed by atoms with Gasteiger partial charge in [0.1, 0.15) is 23.3 Å². The number of hydrogen-bond acceptors (Lipinski definition) is 3. The molecule has 0 saturated heterocycles. The molecule has 2 aromatic rings. The van der Waals surface area contributed by atoms with Crippen LogP contribution >= 0.6 is 11.6 Å². The van der Waals surface area contributed by atoms with Gasteiger partial charge in [-0.2, -0.15) is 0 Å². The third-order valence-corrected chi connectivity index (χ3v) is 3.28. The minimum Gasteiger partial charge on any atom is -0.492 e. The van der Waals surface area contributed by atoms with Gasteiger partial charge in [-0.25, -0.2) is 4.98 Å². The van der Waals surface area contributed by atoms with Crippen molar-refractivity contribution in [3.63, 3.8) is 0 Å². The Morgan fingerprint density at radius 3 is 2.68 bits per heavy atom. The lowest BCUT2D eigenvalue weighted by Crippen LogP contribution is -2.25. The highest BCUT2D eigenvalue weighted by atomic mass is 35.5. The Hall–Kier alpha value is -1.52. The van der Waals surface area contributed by atoms with E-state index in [2.05, 4.69) is 9.88 Å². The van der Waals surface area contributed by atoms with Crippen LogP contribution in [0.2, 0.25) is 5.15 Å². The van der Waals surface area contributed by atoms with Crippen molar-refractivity contribution in [3.8, 4) is 5.75 Å². The van der Waals surface area contributed by atoms with Gasteiger partial charge in [-0.15, -0.1) is 0 Å². The van der Waals surface area contributed by atoms with E-state index in [-0.39, 0.29) is 0 Å². The maximum Gasteiger partial charge on any atom is 0.128 e. The molecule has 0 aliphatic rings. The van der Waals surface area contributed by atoms with Crippen molar-refractivity contribution in [1.82, 2.24) is 14.5 Å². The summed E-state index contributed by atoms with van der Waals surface area (Å²) in [4.78, 5) is 6.42. The smallest absolute Gasteiger partial charge is 0.128 e. The molecule has 0 unspecified atom stereocenters. The zero-order valence-electron chi connectivity index (χ0n) is 11.2. The summed E-state index contributed by atoms with van der Waals surface area (Å²) in [6.45, 7) is 2.24. The number of likely N-dealkylation sites (N-methyl/N-ethyl adjacent to an activating group) is 1. The summed E-state index contributed by atoms with van der Waals surface area (Å²) in [6.07, 6.45) is 1.67. The number of nitrogens with zero attached hydrogens (tertiary/aromatic N) is 3. The highest BCUT2D eigenvalue weighted by Crippen LogP contribution is 2.11. The van der Waals surface area contributed by atoms with Crippen LogP contribution in [-0.4, -0.2) is 34.7 Å². The first kappa shape index (κ1) is 13.9. The van der Waals surface area contributed by atoms with E-state index in [9.17, 15) is 0 Å². The first-order valence-corrected chi connectivity index (χ1v) is 6.57. The van der Waals surface area contributed by atoms with Crippen molar-refractivity contribution < 1.29 is 4.74 Å². The van der Waals surface area contributed by atoms with Crippen molar-refractivity contribution in [2.45, 2.75) is 6.54 Å². The fourth-order valence-electron chi connectivity index (χ4n) is 1.73. The average Bonchev–Trinajstić information content (AvgIpc) is 2.72. The van der Waals surface area contributed by atoms with Crippen LogP contribution in [0.3, 0.4) is 0 Å². The lowest BCUT2D eigenvalue weighted by Gasteiger charge is -2.16. The molecule has 2 rings (SSSR count). The molecule has 0 amide bonds. The maximum absolute atomic E-state index is 5.95. The van der Waals surface area contributed by atoms with Crippen LogP contribution in [0.1, 0.15) is 5.82 Å². The third-order valence-electron chi connectivity index (χ3n) is 2.92.